The Bertz CT molecular complexity index is 1510. The van der Waals surface area contributed by atoms with Crippen LogP contribution in [-0.2, 0) is 9.59 Å². The molecule has 1 aromatic heterocycles. The summed E-state index contributed by atoms with van der Waals surface area (Å²) < 4.78 is 9.73. The number of thioether (sulfide) groups is 1. The Kier molecular flexibility index (Phi) is 6.05. The summed E-state index contributed by atoms with van der Waals surface area (Å²) in [5.74, 6) is -0.745. The van der Waals surface area contributed by atoms with E-state index in [4.69, 9.17) is 9.15 Å². The summed E-state index contributed by atoms with van der Waals surface area (Å²) in [6.07, 6.45) is 0. The van der Waals surface area contributed by atoms with E-state index in [-0.39, 0.29) is 17.4 Å². The van der Waals surface area contributed by atoms with Gasteiger partial charge in [-0.05, 0) is 50.2 Å². The van der Waals surface area contributed by atoms with Crippen molar-refractivity contribution in [3.63, 3.8) is 0 Å². The van der Waals surface area contributed by atoms with Gasteiger partial charge in [-0.3, -0.25) is 14.4 Å². The summed E-state index contributed by atoms with van der Waals surface area (Å²) >= 11 is 1.20. The molecule has 1 aliphatic heterocycles. The highest BCUT2D eigenvalue weighted by atomic mass is 32.2. The molecule has 1 atom stereocenters. The van der Waals surface area contributed by atoms with E-state index >= 15 is 0 Å². The number of furan rings is 1. The Hall–Kier alpha value is -4.04. The van der Waals surface area contributed by atoms with Crippen LogP contribution >= 0.6 is 11.8 Å². The summed E-state index contributed by atoms with van der Waals surface area (Å²) in [5.41, 5.74) is 1.82. The first-order valence-corrected chi connectivity index (χ1v) is 12.3. The number of nitrogens with zero attached hydrogens (tertiary/aromatic N) is 1. The molecule has 1 aliphatic rings. The minimum Gasteiger partial charge on any atom is -0.497 e. The number of anilines is 2. The summed E-state index contributed by atoms with van der Waals surface area (Å²) in [4.78, 5) is 43.2. The van der Waals surface area contributed by atoms with Gasteiger partial charge in [0.05, 0.1) is 18.5 Å². The second-order valence-corrected chi connectivity index (χ2v) is 9.93. The van der Waals surface area contributed by atoms with Gasteiger partial charge in [0, 0.05) is 22.4 Å². The SMILES string of the molecule is CCN1C(=O)C(C)(C(=O)Nc2c(C(=O)c3cccc(OC)c3)oc3ccccc23)Sc2ccccc21. The molecule has 1 unspecified atom stereocenters. The van der Waals surface area contributed by atoms with Crippen LogP contribution in [0.25, 0.3) is 11.0 Å². The lowest BCUT2D eigenvalue weighted by Crippen LogP contribution is -2.54. The van der Waals surface area contributed by atoms with E-state index in [9.17, 15) is 14.4 Å². The molecule has 2 heterocycles. The van der Waals surface area contributed by atoms with Crippen LogP contribution < -0.4 is 15.0 Å². The van der Waals surface area contributed by atoms with Gasteiger partial charge in [-0.2, -0.15) is 0 Å². The van der Waals surface area contributed by atoms with Crippen LogP contribution in [-0.4, -0.2) is 36.0 Å². The predicted octanol–water partition coefficient (Wildman–Crippen LogP) is 5.53. The van der Waals surface area contributed by atoms with Gasteiger partial charge in [-0.25, -0.2) is 0 Å². The van der Waals surface area contributed by atoms with Crippen molar-refractivity contribution in [1.82, 2.24) is 0 Å². The number of hydrogen-bond donors (Lipinski definition) is 1. The number of carbonyl (C=O) groups is 3. The molecule has 0 aliphatic carbocycles. The molecule has 4 aromatic rings. The monoisotopic (exact) mass is 500 g/mol. The van der Waals surface area contributed by atoms with Crippen molar-refractivity contribution in [2.24, 2.45) is 0 Å². The predicted molar refractivity (Wildman–Crippen MR) is 140 cm³/mol. The van der Waals surface area contributed by atoms with Crippen molar-refractivity contribution >= 4 is 51.7 Å². The van der Waals surface area contributed by atoms with Gasteiger partial charge in [0.25, 0.3) is 5.91 Å². The lowest BCUT2D eigenvalue weighted by Gasteiger charge is -2.38. The second-order valence-electron chi connectivity index (χ2n) is 8.47. The van der Waals surface area contributed by atoms with Crippen LogP contribution in [0.4, 0.5) is 11.4 Å². The summed E-state index contributed by atoms with van der Waals surface area (Å²) in [7, 11) is 1.52. The van der Waals surface area contributed by atoms with E-state index in [2.05, 4.69) is 5.32 Å². The zero-order valence-corrected chi connectivity index (χ0v) is 20.8. The number of methoxy groups -OCH3 is 1. The van der Waals surface area contributed by atoms with E-state index in [0.717, 1.165) is 10.6 Å². The van der Waals surface area contributed by atoms with E-state index < -0.39 is 16.4 Å². The van der Waals surface area contributed by atoms with E-state index in [0.29, 0.717) is 28.8 Å². The molecule has 182 valence electrons. The molecule has 36 heavy (non-hydrogen) atoms. The molecule has 0 bridgehead atoms. The molecule has 0 radical (unpaired) electrons. The molecule has 3 aromatic carbocycles. The maximum atomic E-state index is 13.8. The first kappa shape index (κ1) is 23.7. The van der Waals surface area contributed by atoms with E-state index in [1.54, 1.807) is 60.4 Å². The van der Waals surface area contributed by atoms with Crippen LogP contribution in [0.1, 0.15) is 30.0 Å². The Balaban J connectivity index is 1.56. The summed E-state index contributed by atoms with van der Waals surface area (Å²) in [6.45, 7) is 3.91. The highest BCUT2D eigenvalue weighted by Gasteiger charge is 2.49. The third-order valence-corrected chi connectivity index (χ3v) is 7.58. The molecule has 7 nitrogen and oxygen atoms in total. The van der Waals surface area contributed by atoms with Gasteiger partial charge in [0.1, 0.15) is 11.3 Å². The number of rotatable bonds is 6. The number of hydrogen-bond acceptors (Lipinski definition) is 6. The third-order valence-electron chi connectivity index (χ3n) is 6.25. The highest BCUT2D eigenvalue weighted by Crippen LogP contribution is 2.46. The highest BCUT2D eigenvalue weighted by molar-refractivity contribution is 8.02. The van der Waals surface area contributed by atoms with Crippen LogP contribution in [0.2, 0.25) is 0 Å². The zero-order chi connectivity index (χ0) is 25.4. The summed E-state index contributed by atoms with van der Waals surface area (Å²) in [5, 5.41) is 3.45. The number of fused-ring (bicyclic) bond motifs is 2. The first-order chi connectivity index (χ1) is 17.4. The molecule has 0 saturated heterocycles. The lowest BCUT2D eigenvalue weighted by atomic mass is 10.0. The van der Waals surface area contributed by atoms with Gasteiger partial charge in [-0.1, -0.05) is 48.2 Å². The number of amides is 2. The van der Waals surface area contributed by atoms with Gasteiger partial charge >= 0.3 is 0 Å². The largest absolute Gasteiger partial charge is 0.497 e. The molecule has 8 heteroatoms. The molecular weight excluding hydrogens is 476 g/mol. The molecule has 0 fully saturated rings. The van der Waals surface area contributed by atoms with Crippen molar-refractivity contribution < 1.29 is 23.5 Å². The van der Waals surface area contributed by atoms with E-state index in [1.807, 2.05) is 31.2 Å². The fraction of sp³-hybridized carbons (Fsp3) is 0.179. The fourth-order valence-electron chi connectivity index (χ4n) is 4.31. The molecule has 5 rings (SSSR count). The minimum absolute atomic E-state index is 0.0117. The number of ether oxygens (including phenoxy) is 1. The number of carbonyl (C=O) groups excluding carboxylic acids is 3. The van der Waals surface area contributed by atoms with Gasteiger partial charge < -0.3 is 19.4 Å². The van der Waals surface area contributed by atoms with Crippen molar-refractivity contribution in [3.05, 3.63) is 84.1 Å². The van der Waals surface area contributed by atoms with Crippen LogP contribution in [0, 0.1) is 0 Å². The molecule has 1 N–H and O–H groups in total. The lowest BCUT2D eigenvalue weighted by molar-refractivity contribution is -0.128. The third kappa shape index (κ3) is 3.83. The normalized spacial score (nSPS) is 17.1. The Labute approximate surface area is 212 Å². The van der Waals surface area contributed by atoms with Crippen LogP contribution in [0.15, 0.2) is 82.1 Å². The molecular formula is C28H24N2O5S. The molecule has 0 spiro atoms. The van der Waals surface area contributed by atoms with Crippen molar-refractivity contribution in [2.75, 3.05) is 23.9 Å². The summed E-state index contributed by atoms with van der Waals surface area (Å²) in [6, 6.07) is 21.3. The Morgan fingerprint density at radius 2 is 1.81 bits per heavy atom. The number of para-hydroxylation sites is 2. The van der Waals surface area contributed by atoms with Crippen LogP contribution in [0.3, 0.4) is 0 Å². The smallest absolute Gasteiger partial charge is 0.252 e. The maximum absolute atomic E-state index is 13.8. The van der Waals surface area contributed by atoms with Crippen molar-refractivity contribution in [2.45, 2.75) is 23.5 Å². The number of benzene rings is 3. The molecule has 0 saturated carbocycles. The maximum Gasteiger partial charge on any atom is 0.252 e. The van der Waals surface area contributed by atoms with E-state index in [1.165, 1.54) is 18.9 Å². The second kappa shape index (κ2) is 9.20. The Morgan fingerprint density at radius 3 is 2.58 bits per heavy atom. The van der Waals surface area contributed by atoms with Gasteiger partial charge in [-0.15, -0.1) is 0 Å². The Morgan fingerprint density at radius 1 is 1.06 bits per heavy atom. The molecule has 2 amide bonds. The minimum atomic E-state index is -1.45. The first-order valence-electron chi connectivity index (χ1n) is 11.5. The van der Waals surface area contributed by atoms with Crippen LogP contribution in [0.5, 0.6) is 5.75 Å². The van der Waals surface area contributed by atoms with Crippen molar-refractivity contribution in [1.29, 1.82) is 0 Å². The number of ketones is 1. The fourth-order valence-corrected chi connectivity index (χ4v) is 5.52. The van der Waals surface area contributed by atoms with Gasteiger partial charge in [0.2, 0.25) is 11.7 Å². The topological polar surface area (TPSA) is 88.9 Å². The average molecular weight is 501 g/mol. The van der Waals surface area contributed by atoms with Gasteiger partial charge in [0.15, 0.2) is 10.5 Å². The number of nitrogens with one attached hydrogen (secondary N) is 1. The quantitative estimate of drug-likeness (QED) is 0.277. The zero-order valence-electron chi connectivity index (χ0n) is 20.0. The standard InChI is InChI=1S/C28H24N2O5S/c1-4-30-20-13-6-8-15-22(20)36-28(2,27(30)33)26(32)29-23-19-12-5-7-14-21(19)35-25(23)24(31)17-10-9-11-18(16-17)34-3/h5-16H,4H2,1-3H3,(H,29,32). The van der Waals surface area contributed by atoms with Crippen molar-refractivity contribution in [3.8, 4) is 5.75 Å². The average Bonchev–Trinajstić information content (AvgIpc) is 3.27.